The van der Waals surface area contributed by atoms with Crippen LogP contribution in [0.4, 0.5) is 11.5 Å². The van der Waals surface area contributed by atoms with Crippen molar-refractivity contribution in [3.63, 3.8) is 0 Å². The summed E-state index contributed by atoms with van der Waals surface area (Å²) in [5.74, 6) is 1.73. The second-order valence-corrected chi connectivity index (χ2v) is 6.34. The molecular formula is C19H16ClN5O. The number of phenolic OH excluding ortho intramolecular Hbond substituents is 1. The minimum Gasteiger partial charge on any atom is -0.508 e. The average Bonchev–Trinajstić information content (AvgIpc) is 3.04. The standard InChI is InChI=1S/C19H16ClN5O/c20-14-2-1-3-15(12-14)21-17-9-11-19-23-22-18(25(19)24-17)10-6-13-4-7-16(26)8-5-13/h1-5,7-9,11-12,26H,6,10H2,(H,21,24). The van der Waals surface area contributed by atoms with Crippen LogP contribution in [0.5, 0.6) is 5.75 Å². The lowest BCUT2D eigenvalue weighted by molar-refractivity contribution is 0.475. The van der Waals surface area contributed by atoms with Crippen LogP contribution < -0.4 is 5.32 Å². The van der Waals surface area contributed by atoms with Gasteiger partial charge in [0.2, 0.25) is 0 Å². The van der Waals surface area contributed by atoms with Crippen molar-refractivity contribution >= 4 is 28.8 Å². The molecule has 0 aliphatic rings. The number of fused-ring (bicyclic) bond motifs is 1. The molecule has 4 rings (SSSR count). The van der Waals surface area contributed by atoms with Crippen LogP contribution in [-0.2, 0) is 12.8 Å². The molecule has 0 amide bonds. The molecule has 2 aromatic heterocycles. The molecular weight excluding hydrogens is 350 g/mol. The maximum absolute atomic E-state index is 9.37. The number of halogens is 1. The van der Waals surface area contributed by atoms with Gasteiger partial charge in [0.25, 0.3) is 0 Å². The normalized spacial score (nSPS) is 11.0. The molecule has 6 nitrogen and oxygen atoms in total. The van der Waals surface area contributed by atoms with Gasteiger partial charge in [-0.25, -0.2) is 0 Å². The molecule has 0 bridgehead atoms. The molecule has 26 heavy (non-hydrogen) atoms. The zero-order valence-corrected chi connectivity index (χ0v) is 14.6. The number of hydrogen-bond donors (Lipinski definition) is 2. The predicted molar refractivity (Wildman–Crippen MR) is 101 cm³/mol. The highest BCUT2D eigenvalue weighted by Crippen LogP contribution is 2.19. The molecule has 0 saturated carbocycles. The monoisotopic (exact) mass is 365 g/mol. The summed E-state index contributed by atoms with van der Waals surface area (Å²) < 4.78 is 1.74. The van der Waals surface area contributed by atoms with Crippen LogP contribution in [0.25, 0.3) is 5.65 Å². The van der Waals surface area contributed by atoms with E-state index in [9.17, 15) is 5.11 Å². The van der Waals surface area contributed by atoms with Crippen molar-refractivity contribution in [1.82, 2.24) is 19.8 Å². The van der Waals surface area contributed by atoms with Gasteiger partial charge < -0.3 is 10.4 Å². The van der Waals surface area contributed by atoms with Crippen LogP contribution in [0, 0.1) is 0 Å². The van der Waals surface area contributed by atoms with Crippen molar-refractivity contribution in [1.29, 1.82) is 0 Å². The number of nitrogens with one attached hydrogen (secondary N) is 1. The molecule has 0 aliphatic carbocycles. The maximum atomic E-state index is 9.37. The third-order valence-corrected chi connectivity index (χ3v) is 4.23. The number of aryl methyl sites for hydroxylation is 2. The summed E-state index contributed by atoms with van der Waals surface area (Å²) in [7, 11) is 0. The Kier molecular flexibility index (Phi) is 4.41. The molecule has 130 valence electrons. The summed E-state index contributed by atoms with van der Waals surface area (Å²) in [6.45, 7) is 0. The van der Waals surface area contributed by atoms with Crippen molar-refractivity contribution < 1.29 is 5.11 Å². The molecule has 4 aromatic rings. The van der Waals surface area contributed by atoms with E-state index >= 15 is 0 Å². The van der Waals surface area contributed by atoms with E-state index < -0.39 is 0 Å². The molecule has 0 spiro atoms. The first-order valence-electron chi connectivity index (χ1n) is 8.19. The first kappa shape index (κ1) is 16.4. The molecule has 0 atom stereocenters. The topological polar surface area (TPSA) is 75.3 Å². The first-order chi connectivity index (χ1) is 12.7. The van der Waals surface area contributed by atoms with Gasteiger partial charge >= 0.3 is 0 Å². The fraction of sp³-hybridized carbons (Fsp3) is 0.105. The summed E-state index contributed by atoms with van der Waals surface area (Å²) >= 11 is 6.02. The highest BCUT2D eigenvalue weighted by Gasteiger charge is 2.08. The molecule has 0 saturated heterocycles. The Hall–Kier alpha value is -3.12. The fourth-order valence-corrected chi connectivity index (χ4v) is 2.88. The van der Waals surface area contributed by atoms with Gasteiger partial charge in [0.15, 0.2) is 17.3 Å². The Bertz CT molecular complexity index is 1050. The number of aromatic nitrogens is 4. The SMILES string of the molecule is Oc1ccc(CCc2nnc3ccc(Nc4cccc(Cl)c4)nn23)cc1. The summed E-state index contributed by atoms with van der Waals surface area (Å²) in [6.07, 6.45) is 1.48. The molecule has 0 aliphatic heterocycles. The molecule has 0 radical (unpaired) electrons. The van der Waals surface area contributed by atoms with Gasteiger partial charge in [0.05, 0.1) is 0 Å². The smallest absolute Gasteiger partial charge is 0.178 e. The number of nitrogens with zero attached hydrogens (tertiary/aromatic N) is 4. The number of rotatable bonds is 5. The van der Waals surface area contributed by atoms with E-state index in [4.69, 9.17) is 11.6 Å². The van der Waals surface area contributed by atoms with E-state index in [2.05, 4.69) is 20.6 Å². The Balaban J connectivity index is 1.55. The summed E-state index contributed by atoms with van der Waals surface area (Å²) in [5.41, 5.74) is 2.68. The highest BCUT2D eigenvalue weighted by atomic mass is 35.5. The van der Waals surface area contributed by atoms with Crippen LogP contribution in [0.15, 0.2) is 60.7 Å². The fourth-order valence-electron chi connectivity index (χ4n) is 2.69. The maximum Gasteiger partial charge on any atom is 0.178 e. The Morgan fingerprint density at radius 2 is 1.81 bits per heavy atom. The van der Waals surface area contributed by atoms with Crippen molar-refractivity contribution in [2.75, 3.05) is 5.32 Å². The van der Waals surface area contributed by atoms with Gasteiger partial charge in [0.1, 0.15) is 5.75 Å². The molecule has 7 heteroatoms. The van der Waals surface area contributed by atoms with E-state index in [1.165, 1.54) is 0 Å². The number of phenols is 1. The minimum absolute atomic E-state index is 0.264. The van der Waals surface area contributed by atoms with Gasteiger partial charge in [-0.3, -0.25) is 0 Å². The average molecular weight is 366 g/mol. The van der Waals surface area contributed by atoms with E-state index in [1.54, 1.807) is 16.6 Å². The van der Waals surface area contributed by atoms with E-state index in [0.717, 1.165) is 23.5 Å². The zero-order chi connectivity index (χ0) is 17.9. The van der Waals surface area contributed by atoms with Crippen LogP contribution in [0.1, 0.15) is 11.4 Å². The Morgan fingerprint density at radius 3 is 2.62 bits per heavy atom. The van der Waals surface area contributed by atoms with Gasteiger partial charge in [-0.05, 0) is 54.4 Å². The molecule has 2 N–H and O–H groups in total. The van der Waals surface area contributed by atoms with E-state index in [1.807, 2.05) is 48.5 Å². The van der Waals surface area contributed by atoms with Crippen molar-refractivity contribution in [2.45, 2.75) is 12.8 Å². The molecule has 2 heterocycles. The second kappa shape index (κ2) is 7.01. The van der Waals surface area contributed by atoms with Crippen molar-refractivity contribution in [3.05, 3.63) is 77.1 Å². The molecule has 2 aromatic carbocycles. The van der Waals surface area contributed by atoms with Gasteiger partial charge in [-0.2, -0.15) is 4.52 Å². The van der Waals surface area contributed by atoms with Crippen LogP contribution in [0.3, 0.4) is 0 Å². The molecule has 0 fully saturated rings. The summed E-state index contributed by atoms with van der Waals surface area (Å²) in [5, 5.41) is 26.3. The third-order valence-electron chi connectivity index (χ3n) is 4.00. The summed E-state index contributed by atoms with van der Waals surface area (Å²) in [4.78, 5) is 0. The number of aromatic hydroxyl groups is 1. The van der Waals surface area contributed by atoms with Gasteiger partial charge in [-0.1, -0.05) is 29.8 Å². The van der Waals surface area contributed by atoms with Gasteiger partial charge in [0, 0.05) is 17.1 Å². The van der Waals surface area contributed by atoms with E-state index in [-0.39, 0.29) is 5.75 Å². The lowest BCUT2D eigenvalue weighted by Crippen LogP contribution is -2.04. The number of hydrogen-bond acceptors (Lipinski definition) is 5. The van der Waals surface area contributed by atoms with Gasteiger partial charge in [-0.15, -0.1) is 15.3 Å². The Labute approximate surface area is 155 Å². The zero-order valence-electron chi connectivity index (χ0n) is 13.8. The van der Waals surface area contributed by atoms with Crippen molar-refractivity contribution in [2.24, 2.45) is 0 Å². The van der Waals surface area contributed by atoms with E-state index in [0.29, 0.717) is 22.9 Å². The minimum atomic E-state index is 0.264. The summed E-state index contributed by atoms with van der Waals surface area (Å²) in [6, 6.07) is 18.4. The molecule has 0 unspecified atom stereocenters. The number of benzene rings is 2. The van der Waals surface area contributed by atoms with Crippen LogP contribution >= 0.6 is 11.6 Å². The largest absolute Gasteiger partial charge is 0.508 e. The lowest BCUT2D eigenvalue weighted by atomic mass is 10.1. The highest BCUT2D eigenvalue weighted by molar-refractivity contribution is 6.30. The second-order valence-electron chi connectivity index (χ2n) is 5.91. The quantitative estimate of drug-likeness (QED) is 0.559. The lowest BCUT2D eigenvalue weighted by Gasteiger charge is -2.07. The Morgan fingerprint density at radius 1 is 0.962 bits per heavy atom. The van der Waals surface area contributed by atoms with Crippen LogP contribution in [-0.4, -0.2) is 24.9 Å². The number of anilines is 2. The third kappa shape index (κ3) is 3.60. The van der Waals surface area contributed by atoms with Crippen LogP contribution in [0.2, 0.25) is 5.02 Å². The first-order valence-corrected chi connectivity index (χ1v) is 8.57. The van der Waals surface area contributed by atoms with Crippen molar-refractivity contribution in [3.8, 4) is 5.75 Å². The predicted octanol–water partition coefficient (Wildman–Crippen LogP) is 4.01.